The number of anilines is 1. The summed E-state index contributed by atoms with van der Waals surface area (Å²) < 4.78 is 5.31. The zero-order valence-corrected chi connectivity index (χ0v) is 13.7. The van der Waals surface area contributed by atoms with Crippen LogP contribution in [0.5, 0.6) is 5.75 Å². The number of carbonyl (C=O) groups is 1. The molecule has 0 saturated carbocycles. The molecule has 114 valence electrons. The van der Waals surface area contributed by atoms with Gasteiger partial charge in [-0.1, -0.05) is 17.7 Å². The highest BCUT2D eigenvalue weighted by Crippen LogP contribution is 2.35. The number of amides is 1. The van der Waals surface area contributed by atoms with Gasteiger partial charge in [0.05, 0.1) is 25.4 Å². The molecule has 0 bridgehead atoms. The largest absolute Gasteiger partial charge is 0.496 e. The molecule has 1 aromatic heterocycles. The topological polar surface area (TPSA) is 42.4 Å². The van der Waals surface area contributed by atoms with Crippen molar-refractivity contribution in [2.24, 2.45) is 0 Å². The van der Waals surface area contributed by atoms with Gasteiger partial charge in [0.1, 0.15) is 5.75 Å². The van der Waals surface area contributed by atoms with Gasteiger partial charge in [-0.15, -0.1) is 11.8 Å². The number of aromatic nitrogens is 1. The first-order valence-electron chi connectivity index (χ1n) is 6.89. The number of hydrogen-bond donors (Lipinski definition) is 0. The van der Waals surface area contributed by atoms with Crippen molar-refractivity contribution in [2.75, 3.05) is 24.3 Å². The minimum Gasteiger partial charge on any atom is -0.496 e. The van der Waals surface area contributed by atoms with Gasteiger partial charge in [0.15, 0.2) is 0 Å². The van der Waals surface area contributed by atoms with Crippen LogP contribution in [0.15, 0.2) is 41.6 Å². The lowest BCUT2D eigenvalue weighted by atomic mass is 10.1. The predicted octanol–water partition coefficient (Wildman–Crippen LogP) is 3.43. The van der Waals surface area contributed by atoms with Crippen LogP contribution in [-0.4, -0.2) is 30.3 Å². The van der Waals surface area contributed by atoms with Crippen LogP contribution in [0.3, 0.4) is 0 Å². The van der Waals surface area contributed by atoms with E-state index in [9.17, 15) is 4.79 Å². The monoisotopic (exact) mass is 334 g/mol. The van der Waals surface area contributed by atoms with Gasteiger partial charge in [-0.3, -0.25) is 9.78 Å². The number of rotatable bonds is 3. The summed E-state index contributed by atoms with van der Waals surface area (Å²) in [5.74, 6) is 1.52. The van der Waals surface area contributed by atoms with Gasteiger partial charge in [-0.05, 0) is 18.2 Å². The van der Waals surface area contributed by atoms with Crippen molar-refractivity contribution in [3.63, 3.8) is 0 Å². The number of halogens is 1. The van der Waals surface area contributed by atoms with Gasteiger partial charge in [0.25, 0.3) is 0 Å². The quantitative estimate of drug-likeness (QED) is 0.862. The fraction of sp³-hybridized carbons (Fsp3) is 0.250. The normalized spacial score (nSPS) is 13.6. The van der Waals surface area contributed by atoms with Gasteiger partial charge in [0.2, 0.25) is 5.91 Å². The number of fused-ring (bicyclic) bond motifs is 1. The molecule has 0 unspecified atom stereocenters. The number of pyridine rings is 1. The molecule has 1 aliphatic heterocycles. The molecule has 0 N–H and O–H groups in total. The van der Waals surface area contributed by atoms with Crippen LogP contribution in [0, 0.1) is 0 Å². The number of hydrogen-bond acceptors (Lipinski definition) is 4. The fourth-order valence-corrected chi connectivity index (χ4v) is 3.67. The van der Waals surface area contributed by atoms with Gasteiger partial charge < -0.3 is 9.64 Å². The molecule has 0 spiro atoms. The highest BCUT2D eigenvalue weighted by atomic mass is 35.5. The van der Waals surface area contributed by atoms with Crippen molar-refractivity contribution in [3.8, 4) is 5.75 Å². The molecule has 0 atom stereocenters. The molecule has 1 amide bonds. The molecule has 2 heterocycles. The second-order valence-electron chi connectivity index (χ2n) is 4.83. The Balaban J connectivity index is 1.88. The van der Waals surface area contributed by atoms with Crippen LogP contribution >= 0.6 is 23.4 Å². The number of carbonyl (C=O) groups excluding carboxylic acids is 1. The Morgan fingerprint density at radius 1 is 1.45 bits per heavy atom. The van der Waals surface area contributed by atoms with Crippen molar-refractivity contribution in [1.82, 2.24) is 4.98 Å². The van der Waals surface area contributed by atoms with Gasteiger partial charge >= 0.3 is 0 Å². The van der Waals surface area contributed by atoms with E-state index in [0.29, 0.717) is 17.3 Å². The molecule has 0 saturated heterocycles. The highest BCUT2D eigenvalue weighted by molar-refractivity contribution is 7.99. The molecule has 6 heteroatoms. The van der Waals surface area contributed by atoms with E-state index < -0.39 is 0 Å². The van der Waals surface area contributed by atoms with E-state index in [0.717, 1.165) is 21.9 Å². The van der Waals surface area contributed by atoms with Crippen molar-refractivity contribution >= 4 is 35.0 Å². The Morgan fingerprint density at radius 3 is 3.14 bits per heavy atom. The SMILES string of the molecule is COc1cccc(Cl)c1CC(=O)N1CCSc2ccncc21. The Bertz CT molecular complexity index is 708. The summed E-state index contributed by atoms with van der Waals surface area (Å²) >= 11 is 7.97. The van der Waals surface area contributed by atoms with Gasteiger partial charge in [-0.25, -0.2) is 0 Å². The molecule has 2 aromatic rings. The van der Waals surface area contributed by atoms with E-state index in [2.05, 4.69) is 4.98 Å². The Hall–Kier alpha value is -1.72. The average Bonchev–Trinajstić information content (AvgIpc) is 2.56. The maximum Gasteiger partial charge on any atom is 0.231 e. The summed E-state index contributed by atoms with van der Waals surface area (Å²) in [6.07, 6.45) is 3.70. The fourth-order valence-electron chi connectivity index (χ4n) is 2.47. The first-order chi connectivity index (χ1) is 10.7. The maximum atomic E-state index is 12.7. The number of methoxy groups -OCH3 is 1. The van der Waals surface area contributed by atoms with E-state index in [1.807, 2.05) is 18.2 Å². The Morgan fingerprint density at radius 2 is 2.32 bits per heavy atom. The van der Waals surface area contributed by atoms with Crippen LogP contribution in [0.2, 0.25) is 5.02 Å². The average molecular weight is 335 g/mol. The lowest BCUT2D eigenvalue weighted by Gasteiger charge is -2.28. The Kier molecular flexibility index (Phi) is 4.55. The molecule has 1 aliphatic rings. The second-order valence-corrected chi connectivity index (χ2v) is 6.38. The minimum absolute atomic E-state index is 0.000880. The molecular weight excluding hydrogens is 320 g/mol. The summed E-state index contributed by atoms with van der Waals surface area (Å²) in [4.78, 5) is 19.7. The molecule has 0 fully saturated rings. The summed E-state index contributed by atoms with van der Waals surface area (Å²) in [6, 6.07) is 7.34. The van der Waals surface area contributed by atoms with Gasteiger partial charge in [-0.2, -0.15) is 0 Å². The number of thioether (sulfide) groups is 1. The van der Waals surface area contributed by atoms with Crippen LogP contribution in [0.1, 0.15) is 5.56 Å². The zero-order valence-electron chi connectivity index (χ0n) is 12.1. The molecule has 0 radical (unpaired) electrons. The van der Waals surface area contributed by atoms with Crippen molar-refractivity contribution in [3.05, 3.63) is 47.2 Å². The van der Waals surface area contributed by atoms with E-state index in [1.165, 1.54) is 0 Å². The first kappa shape index (κ1) is 15.2. The maximum absolute atomic E-state index is 12.7. The number of nitrogens with zero attached hydrogens (tertiary/aromatic N) is 2. The number of benzene rings is 1. The lowest BCUT2D eigenvalue weighted by Crippen LogP contribution is -2.36. The van der Waals surface area contributed by atoms with Crippen LogP contribution in [0.4, 0.5) is 5.69 Å². The molecular formula is C16H15ClN2O2S. The molecule has 4 nitrogen and oxygen atoms in total. The number of ether oxygens (including phenoxy) is 1. The second kappa shape index (κ2) is 6.58. The van der Waals surface area contributed by atoms with Crippen molar-refractivity contribution < 1.29 is 9.53 Å². The van der Waals surface area contributed by atoms with E-state index in [-0.39, 0.29) is 12.3 Å². The summed E-state index contributed by atoms with van der Waals surface area (Å²) in [5, 5.41) is 0.547. The van der Waals surface area contributed by atoms with Crippen LogP contribution < -0.4 is 9.64 Å². The summed E-state index contributed by atoms with van der Waals surface area (Å²) in [7, 11) is 1.58. The highest BCUT2D eigenvalue weighted by Gasteiger charge is 2.24. The van der Waals surface area contributed by atoms with Crippen LogP contribution in [-0.2, 0) is 11.2 Å². The third-order valence-electron chi connectivity index (χ3n) is 3.55. The third-order valence-corrected chi connectivity index (χ3v) is 4.95. The standard InChI is InChI=1S/C16H15ClN2O2S/c1-21-14-4-2-3-12(17)11(14)9-16(20)19-7-8-22-15-5-6-18-10-13(15)19/h2-6,10H,7-9H2,1H3. The summed E-state index contributed by atoms with van der Waals surface area (Å²) in [5.41, 5.74) is 1.59. The van der Waals surface area contributed by atoms with Crippen molar-refractivity contribution in [1.29, 1.82) is 0 Å². The van der Waals surface area contributed by atoms with Crippen molar-refractivity contribution in [2.45, 2.75) is 11.3 Å². The van der Waals surface area contributed by atoms with E-state index >= 15 is 0 Å². The predicted molar refractivity (Wildman–Crippen MR) is 89.0 cm³/mol. The lowest BCUT2D eigenvalue weighted by molar-refractivity contribution is -0.118. The van der Waals surface area contributed by atoms with E-state index in [4.69, 9.17) is 16.3 Å². The molecule has 3 rings (SSSR count). The summed E-state index contributed by atoms with van der Waals surface area (Å²) in [6.45, 7) is 0.676. The smallest absolute Gasteiger partial charge is 0.231 e. The minimum atomic E-state index is 0.000880. The Labute approximate surface area is 138 Å². The molecule has 22 heavy (non-hydrogen) atoms. The third kappa shape index (κ3) is 2.91. The molecule has 0 aliphatic carbocycles. The van der Waals surface area contributed by atoms with E-state index in [1.54, 1.807) is 42.2 Å². The first-order valence-corrected chi connectivity index (χ1v) is 8.25. The van der Waals surface area contributed by atoms with Crippen LogP contribution in [0.25, 0.3) is 0 Å². The zero-order chi connectivity index (χ0) is 15.5. The molecule has 1 aromatic carbocycles. The van der Waals surface area contributed by atoms with Gasteiger partial charge in [0, 0.05) is 34.0 Å².